The van der Waals surface area contributed by atoms with Gasteiger partial charge in [-0.2, -0.15) is 0 Å². The molecule has 1 amide bonds. The van der Waals surface area contributed by atoms with Crippen LogP contribution in [0.3, 0.4) is 0 Å². The van der Waals surface area contributed by atoms with Gasteiger partial charge in [0.25, 0.3) is 5.91 Å². The van der Waals surface area contributed by atoms with Crippen LogP contribution in [-0.2, 0) is 10.0 Å². The molecule has 0 spiro atoms. The molecule has 0 radical (unpaired) electrons. The van der Waals surface area contributed by atoms with Crippen LogP contribution < -0.4 is 4.72 Å². The highest BCUT2D eigenvalue weighted by Gasteiger charge is 2.24. The van der Waals surface area contributed by atoms with E-state index in [1.54, 1.807) is 23.1 Å². The molecule has 0 aromatic heterocycles. The molecule has 0 atom stereocenters. The van der Waals surface area contributed by atoms with Gasteiger partial charge in [-0.1, -0.05) is 31.7 Å². The van der Waals surface area contributed by atoms with E-state index in [1.807, 2.05) is 7.05 Å². The van der Waals surface area contributed by atoms with E-state index in [9.17, 15) is 13.2 Å². The SMILES string of the molecule is CN1CCN(C(=O)c2cccc(S(=O)(=O)NC3CCCCCC3)c2)CC1. The number of sulfonamides is 1. The standard InChI is InChI=1S/C19H29N3O3S/c1-21-11-13-22(14-12-21)19(23)16-7-6-10-18(15-16)26(24,25)20-17-8-4-2-3-5-9-17/h6-7,10,15,17,20H,2-5,8-9,11-14H2,1H3. The molecule has 0 unspecified atom stereocenters. The van der Waals surface area contributed by atoms with E-state index in [4.69, 9.17) is 0 Å². The number of hydrogen-bond donors (Lipinski definition) is 1. The van der Waals surface area contributed by atoms with Crippen LogP contribution in [0.5, 0.6) is 0 Å². The van der Waals surface area contributed by atoms with E-state index in [0.29, 0.717) is 18.7 Å². The number of likely N-dealkylation sites (N-methyl/N-ethyl adjacent to an activating group) is 1. The fourth-order valence-electron chi connectivity index (χ4n) is 3.67. The van der Waals surface area contributed by atoms with Crippen molar-refractivity contribution in [1.29, 1.82) is 0 Å². The molecule has 0 bridgehead atoms. The Morgan fingerprint density at radius 3 is 2.35 bits per heavy atom. The second-order valence-electron chi connectivity index (χ2n) is 7.43. The van der Waals surface area contributed by atoms with Gasteiger partial charge in [-0.3, -0.25) is 4.79 Å². The summed E-state index contributed by atoms with van der Waals surface area (Å²) >= 11 is 0. The maximum atomic E-state index is 12.8. The van der Waals surface area contributed by atoms with Gasteiger partial charge in [0, 0.05) is 37.8 Å². The third-order valence-electron chi connectivity index (χ3n) is 5.36. The summed E-state index contributed by atoms with van der Waals surface area (Å²) in [6.07, 6.45) is 6.25. The largest absolute Gasteiger partial charge is 0.336 e. The molecule has 3 rings (SSSR count). The zero-order valence-electron chi connectivity index (χ0n) is 15.5. The van der Waals surface area contributed by atoms with Crippen molar-refractivity contribution in [3.63, 3.8) is 0 Å². The van der Waals surface area contributed by atoms with Crippen molar-refractivity contribution in [2.75, 3.05) is 33.2 Å². The van der Waals surface area contributed by atoms with E-state index in [2.05, 4.69) is 9.62 Å². The Kier molecular flexibility index (Phi) is 6.32. The maximum absolute atomic E-state index is 12.8. The molecule has 144 valence electrons. The van der Waals surface area contributed by atoms with Crippen molar-refractivity contribution in [2.45, 2.75) is 49.5 Å². The van der Waals surface area contributed by atoms with Crippen LogP contribution in [-0.4, -0.2) is 63.4 Å². The molecule has 2 aliphatic rings. The molecule has 7 heteroatoms. The van der Waals surface area contributed by atoms with Gasteiger partial charge in [0.1, 0.15) is 0 Å². The second-order valence-corrected chi connectivity index (χ2v) is 9.15. The molecular weight excluding hydrogens is 350 g/mol. The summed E-state index contributed by atoms with van der Waals surface area (Å²) in [6.45, 7) is 3.03. The van der Waals surface area contributed by atoms with Crippen LogP contribution in [0.4, 0.5) is 0 Å². The quantitative estimate of drug-likeness (QED) is 0.813. The highest BCUT2D eigenvalue weighted by molar-refractivity contribution is 7.89. The predicted molar refractivity (Wildman–Crippen MR) is 102 cm³/mol. The number of benzene rings is 1. The van der Waals surface area contributed by atoms with Gasteiger partial charge in [-0.25, -0.2) is 13.1 Å². The predicted octanol–water partition coefficient (Wildman–Crippen LogP) is 2.08. The molecule has 1 aromatic carbocycles. The summed E-state index contributed by atoms with van der Waals surface area (Å²) in [5.74, 6) is -0.0929. The van der Waals surface area contributed by atoms with Crippen molar-refractivity contribution in [2.24, 2.45) is 0 Å². The average Bonchev–Trinajstić information content (AvgIpc) is 2.90. The fraction of sp³-hybridized carbons (Fsp3) is 0.632. The van der Waals surface area contributed by atoms with Crippen LogP contribution in [0.15, 0.2) is 29.2 Å². The highest BCUT2D eigenvalue weighted by atomic mass is 32.2. The fourth-order valence-corrected chi connectivity index (χ4v) is 5.02. The minimum Gasteiger partial charge on any atom is -0.336 e. The van der Waals surface area contributed by atoms with Gasteiger partial charge in [0.2, 0.25) is 10.0 Å². The normalized spacial score (nSPS) is 20.7. The summed E-state index contributed by atoms with van der Waals surface area (Å²) in [7, 11) is -1.56. The first-order chi connectivity index (χ1) is 12.5. The van der Waals surface area contributed by atoms with Crippen molar-refractivity contribution in [1.82, 2.24) is 14.5 Å². The number of piperazine rings is 1. The zero-order chi connectivity index (χ0) is 18.6. The summed E-state index contributed by atoms with van der Waals surface area (Å²) in [6, 6.07) is 6.44. The number of carbonyl (C=O) groups is 1. The van der Waals surface area contributed by atoms with Crippen LogP contribution in [0.25, 0.3) is 0 Å². The Morgan fingerprint density at radius 1 is 1.04 bits per heavy atom. The molecule has 1 saturated heterocycles. The number of carbonyl (C=O) groups excluding carboxylic acids is 1. The molecule has 1 saturated carbocycles. The summed E-state index contributed by atoms with van der Waals surface area (Å²) < 4.78 is 28.4. The molecule has 1 N–H and O–H groups in total. The van der Waals surface area contributed by atoms with Gasteiger partial charge >= 0.3 is 0 Å². The van der Waals surface area contributed by atoms with Gasteiger partial charge in [0.15, 0.2) is 0 Å². The van der Waals surface area contributed by atoms with E-state index in [0.717, 1.165) is 38.8 Å². The molecule has 6 nitrogen and oxygen atoms in total. The van der Waals surface area contributed by atoms with Gasteiger partial charge in [0.05, 0.1) is 4.90 Å². The molecule has 26 heavy (non-hydrogen) atoms. The lowest BCUT2D eigenvalue weighted by atomic mass is 10.1. The summed E-state index contributed by atoms with van der Waals surface area (Å²) in [5, 5.41) is 0. The first kappa shape index (κ1) is 19.3. The van der Waals surface area contributed by atoms with Crippen LogP contribution in [0, 0.1) is 0 Å². The van der Waals surface area contributed by atoms with Gasteiger partial charge in [-0.15, -0.1) is 0 Å². The Morgan fingerprint density at radius 2 is 1.69 bits per heavy atom. The van der Waals surface area contributed by atoms with Gasteiger partial charge in [-0.05, 0) is 38.1 Å². The number of amides is 1. The summed E-state index contributed by atoms with van der Waals surface area (Å²) in [4.78, 5) is 16.9. The molecule has 1 heterocycles. The molecule has 2 fully saturated rings. The van der Waals surface area contributed by atoms with Crippen molar-refractivity contribution < 1.29 is 13.2 Å². The first-order valence-electron chi connectivity index (χ1n) is 9.56. The van der Waals surface area contributed by atoms with Gasteiger partial charge < -0.3 is 9.80 Å². The monoisotopic (exact) mass is 379 g/mol. The third-order valence-corrected chi connectivity index (χ3v) is 6.88. The topological polar surface area (TPSA) is 69.7 Å². The minimum absolute atomic E-state index is 0.000473. The average molecular weight is 380 g/mol. The lowest BCUT2D eigenvalue weighted by Gasteiger charge is -2.32. The van der Waals surface area contributed by atoms with E-state index < -0.39 is 10.0 Å². The Balaban J connectivity index is 1.72. The highest BCUT2D eigenvalue weighted by Crippen LogP contribution is 2.20. The Labute approximate surface area is 156 Å². The van der Waals surface area contributed by atoms with E-state index in [1.165, 1.54) is 18.9 Å². The Hall–Kier alpha value is -1.44. The number of nitrogens with one attached hydrogen (secondary N) is 1. The maximum Gasteiger partial charge on any atom is 0.253 e. The molecular formula is C19H29N3O3S. The number of rotatable bonds is 4. The van der Waals surface area contributed by atoms with Crippen LogP contribution in [0.1, 0.15) is 48.9 Å². The first-order valence-corrected chi connectivity index (χ1v) is 11.0. The van der Waals surface area contributed by atoms with Crippen LogP contribution in [0.2, 0.25) is 0 Å². The second kappa shape index (κ2) is 8.50. The van der Waals surface area contributed by atoms with Crippen LogP contribution >= 0.6 is 0 Å². The smallest absolute Gasteiger partial charge is 0.253 e. The minimum atomic E-state index is -3.60. The summed E-state index contributed by atoms with van der Waals surface area (Å²) in [5.41, 5.74) is 0.443. The number of hydrogen-bond acceptors (Lipinski definition) is 4. The van der Waals surface area contributed by atoms with Crippen molar-refractivity contribution in [3.8, 4) is 0 Å². The lowest BCUT2D eigenvalue weighted by molar-refractivity contribution is 0.0664. The third kappa shape index (κ3) is 4.84. The van der Waals surface area contributed by atoms with E-state index in [-0.39, 0.29) is 16.8 Å². The molecule has 1 aromatic rings. The van der Waals surface area contributed by atoms with E-state index >= 15 is 0 Å². The van der Waals surface area contributed by atoms with Crippen molar-refractivity contribution in [3.05, 3.63) is 29.8 Å². The van der Waals surface area contributed by atoms with Crippen molar-refractivity contribution >= 4 is 15.9 Å². The lowest BCUT2D eigenvalue weighted by Crippen LogP contribution is -2.47. The number of nitrogens with zero attached hydrogens (tertiary/aromatic N) is 2. The zero-order valence-corrected chi connectivity index (χ0v) is 16.3. The molecule has 1 aliphatic heterocycles. The molecule has 1 aliphatic carbocycles. The Bertz CT molecular complexity index is 719.